The molecule has 0 saturated carbocycles. The van der Waals surface area contributed by atoms with Gasteiger partial charge in [-0.2, -0.15) is 0 Å². The topological polar surface area (TPSA) is 46.5 Å². The normalized spacial score (nSPS) is 12.5. The zero-order valence-corrected chi connectivity index (χ0v) is 19.8. The minimum absolute atomic E-state index is 0.145. The van der Waals surface area contributed by atoms with Gasteiger partial charge < -0.3 is 9.84 Å². The predicted octanol–water partition coefficient (Wildman–Crippen LogP) is 7.38. The maximum atomic E-state index is 12.3. The highest BCUT2D eigenvalue weighted by atomic mass is 16.5. The van der Waals surface area contributed by atoms with Crippen molar-refractivity contribution in [3.63, 3.8) is 0 Å². The molecule has 28 heavy (non-hydrogen) atoms. The average molecular weight is 399 g/mol. The minimum atomic E-state index is -0.897. The summed E-state index contributed by atoms with van der Waals surface area (Å²) in [5, 5.41) is 9.74. The summed E-state index contributed by atoms with van der Waals surface area (Å²) in [7, 11) is 0. The monoisotopic (exact) mass is 398 g/mol. The third-order valence-electron chi connectivity index (χ3n) is 5.47. The van der Waals surface area contributed by atoms with Crippen LogP contribution in [0.25, 0.3) is 0 Å². The zero-order chi connectivity index (χ0) is 21.3. The van der Waals surface area contributed by atoms with Crippen molar-refractivity contribution < 1.29 is 14.6 Å². The lowest BCUT2D eigenvalue weighted by Gasteiger charge is -2.28. The molecule has 3 heteroatoms. The second kappa shape index (κ2) is 16.4. The van der Waals surface area contributed by atoms with Crippen molar-refractivity contribution in [2.24, 2.45) is 0 Å². The molecule has 0 aromatic heterocycles. The second-order valence-electron chi connectivity index (χ2n) is 9.73. The maximum Gasteiger partial charge on any atom is 0.164 e. The van der Waals surface area contributed by atoms with Gasteiger partial charge in [-0.1, -0.05) is 96.8 Å². The molecule has 0 saturated heterocycles. The Bertz CT molecular complexity index is 368. The lowest BCUT2D eigenvalue weighted by Crippen LogP contribution is -2.40. The van der Waals surface area contributed by atoms with Crippen LogP contribution in [0.15, 0.2) is 0 Å². The van der Waals surface area contributed by atoms with Gasteiger partial charge >= 0.3 is 0 Å². The van der Waals surface area contributed by atoms with Gasteiger partial charge in [0.05, 0.1) is 12.2 Å². The van der Waals surface area contributed by atoms with Gasteiger partial charge in [0.15, 0.2) is 5.78 Å². The SMILES string of the molecule is CCCCCCCCCCCCCCCCCC(=O)C(C)(C)OCC(C)(C)O. The number of hydrogen-bond acceptors (Lipinski definition) is 3. The molecule has 0 amide bonds. The molecule has 3 nitrogen and oxygen atoms in total. The van der Waals surface area contributed by atoms with E-state index in [0.717, 1.165) is 12.8 Å². The fraction of sp³-hybridized carbons (Fsp3) is 0.960. The Hall–Kier alpha value is -0.410. The molecule has 0 aliphatic rings. The number of ether oxygens (including phenoxy) is 1. The molecule has 0 rings (SSSR count). The van der Waals surface area contributed by atoms with Gasteiger partial charge in [0.1, 0.15) is 5.60 Å². The molecule has 0 aliphatic carbocycles. The Balaban J connectivity index is 3.44. The van der Waals surface area contributed by atoms with Crippen molar-refractivity contribution in [3.05, 3.63) is 0 Å². The van der Waals surface area contributed by atoms with E-state index in [1.165, 1.54) is 83.5 Å². The molecule has 168 valence electrons. The summed E-state index contributed by atoms with van der Waals surface area (Å²) < 4.78 is 5.63. The molecule has 0 atom stereocenters. The number of carbonyl (C=O) groups excluding carboxylic acids is 1. The van der Waals surface area contributed by atoms with Gasteiger partial charge in [-0.3, -0.25) is 4.79 Å². The van der Waals surface area contributed by atoms with Crippen molar-refractivity contribution in [2.75, 3.05) is 6.61 Å². The van der Waals surface area contributed by atoms with Crippen molar-refractivity contribution in [1.82, 2.24) is 0 Å². The molecular weight excluding hydrogens is 348 g/mol. The van der Waals surface area contributed by atoms with Crippen molar-refractivity contribution in [2.45, 2.75) is 149 Å². The van der Waals surface area contributed by atoms with Crippen LogP contribution in [-0.2, 0) is 9.53 Å². The molecule has 0 bridgehead atoms. The quantitative estimate of drug-likeness (QED) is 0.218. The maximum absolute atomic E-state index is 12.3. The first kappa shape index (κ1) is 27.6. The molecule has 0 unspecified atom stereocenters. The number of carbonyl (C=O) groups is 1. The molecule has 0 aromatic rings. The van der Waals surface area contributed by atoms with Gasteiger partial charge in [-0.25, -0.2) is 0 Å². The van der Waals surface area contributed by atoms with Gasteiger partial charge in [-0.05, 0) is 34.1 Å². The fourth-order valence-corrected chi connectivity index (χ4v) is 3.40. The first-order valence-corrected chi connectivity index (χ1v) is 12.1. The van der Waals surface area contributed by atoms with E-state index in [1.54, 1.807) is 13.8 Å². The third-order valence-corrected chi connectivity index (χ3v) is 5.47. The van der Waals surface area contributed by atoms with E-state index in [9.17, 15) is 9.90 Å². The summed E-state index contributed by atoms with van der Waals surface area (Å²) in [4.78, 5) is 12.3. The highest BCUT2D eigenvalue weighted by Crippen LogP contribution is 2.19. The average Bonchev–Trinajstić information content (AvgIpc) is 2.62. The highest BCUT2D eigenvalue weighted by Gasteiger charge is 2.29. The van der Waals surface area contributed by atoms with Crippen LogP contribution in [0.2, 0.25) is 0 Å². The van der Waals surface area contributed by atoms with E-state index < -0.39 is 11.2 Å². The van der Waals surface area contributed by atoms with E-state index in [4.69, 9.17) is 4.74 Å². The first-order chi connectivity index (χ1) is 13.2. The van der Waals surface area contributed by atoms with Crippen LogP contribution in [0.1, 0.15) is 137 Å². The summed E-state index contributed by atoms with van der Waals surface area (Å²) >= 11 is 0. The second-order valence-corrected chi connectivity index (χ2v) is 9.73. The van der Waals surface area contributed by atoms with Gasteiger partial charge in [-0.15, -0.1) is 0 Å². The highest BCUT2D eigenvalue weighted by molar-refractivity contribution is 5.86. The van der Waals surface area contributed by atoms with Crippen LogP contribution in [0.5, 0.6) is 0 Å². The smallest absolute Gasteiger partial charge is 0.164 e. The summed E-state index contributed by atoms with van der Waals surface area (Å²) in [5.74, 6) is 0.145. The van der Waals surface area contributed by atoms with Crippen LogP contribution >= 0.6 is 0 Å². The van der Waals surface area contributed by atoms with Gasteiger partial charge in [0.25, 0.3) is 0 Å². The largest absolute Gasteiger partial charge is 0.388 e. The van der Waals surface area contributed by atoms with Crippen LogP contribution in [0, 0.1) is 0 Å². The summed E-state index contributed by atoms with van der Waals surface area (Å²) in [6, 6.07) is 0. The summed E-state index contributed by atoms with van der Waals surface area (Å²) in [5.41, 5.74) is -1.69. The number of aliphatic hydroxyl groups is 1. The van der Waals surface area contributed by atoms with E-state index in [-0.39, 0.29) is 12.4 Å². The first-order valence-electron chi connectivity index (χ1n) is 12.1. The van der Waals surface area contributed by atoms with E-state index in [0.29, 0.717) is 6.42 Å². The molecule has 0 aromatic carbocycles. The standard InChI is InChI=1S/C25H50O3/c1-6-7-8-9-10-11-12-13-14-15-16-17-18-19-20-21-23(26)25(4,5)28-22-24(2,3)27/h27H,6-22H2,1-5H3. The Kier molecular flexibility index (Phi) is 16.2. The molecular formula is C25H50O3. The predicted molar refractivity (Wildman–Crippen MR) is 121 cm³/mol. The van der Waals surface area contributed by atoms with Crippen LogP contribution in [-0.4, -0.2) is 28.7 Å². The van der Waals surface area contributed by atoms with E-state index in [2.05, 4.69) is 6.92 Å². The number of hydrogen-bond donors (Lipinski definition) is 1. The number of unbranched alkanes of at least 4 members (excludes halogenated alkanes) is 14. The van der Waals surface area contributed by atoms with Crippen LogP contribution in [0.3, 0.4) is 0 Å². The van der Waals surface area contributed by atoms with Gasteiger partial charge in [0, 0.05) is 6.42 Å². The molecule has 0 aliphatic heterocycles. The molecule has 0 heterocycles. The Morgan fingerprint density at radius 1 is 0.679 bits per heavy atom. The van der Waals surface area contributed by atoms with Crippen LogP contribution < -0.4 is 0 Å². The number of ketones is 1. The van der Waals surface area contributed by atoms with Gasteiger partial charge in [0.2, 0.25) is 0 Å². The molecule has 1 N–H and O–H groups in total. The summed E-state index contributed by atoms with van der Waals surface area (Å²) in [6.45, 7) is 9.48. The minimum Gasteiger partial charge on any atom is -0.388 e. The number of rotatable bonds is 20. The summed E-state index contributed by atoms with van der Waals surface area (Å²) in [6.07, 6.45) is 20.6. The van der Waals surface area contributed by atoms with Crippen molar-refractivity contribution in [3.8, 4) is 0 Å². The Morgan fingerprint density at radius 2 is 1.04 bits per heavy atom. The molecule has 0 fully saturated rings. The molecule has 0 spiro atoms. The Labute approximate surface area is 176 Å². The zero-order valence-electron chi connectivity index (χ0n) is 19.8. The lowest BCUT2D eigenvalue weighted by molar-refractivity contribution is -0.148. The van der Waals surface area contributed by atoms with Crippen LogP contribution in [0.4, 0.5) is 0 Å². The fourth-order valence-electron chi connectivity index (χ4n) is 3.40. The van der Waals surface area contributed by atoms with Crippen molar-refractivity contribution in [1.29, 1.82) is 0 Å². The molecule has 0 radical (unpaired) electrons. The Morgan fingerprint density at radius 3 is 1.39 bits per heavy atom. The van der Waals surface area contributed by atoms with E-state index in [1.807, 2.05) is 13.8 Å². The van der Waals surface area contributed by atoms with Crippen molar-refractivity contribution >= 4 is 5.78 Å². The lowest BCUT2D eigenvalue weighted by atomic mass is 9.97. The number of Topliss-reactive ketones (excluding diaryl/α,β-unsaturated/α-hetero) is 1. The third kappa shape index (κ3) is 17.7. The van der Waals surface area contributed by atoms with E-state index >= 15 is 0 Å².